The maximum Gasteiger partial charge on any atom is 0.232 e. The van der Waals surface area contributed by atoms with Gasteiger partial charge in [-0.1, -0.05) is 22.9 Å². The lowest BCUT2D eigenvalue weighted by molar-refractivity contribution is -0.117. The lowest BCUT2D eigenvalue weighted by Crippen LogP contribution is -2.29. The van der Waals surface area contributed by atoms with Gasteiger partial charge in [-0.2, -0.15) is 4.98 Å². The maximum absolute atomic E-state index is 12.5. The monoisotopic (exact) mass is 402 g/mol. The number of hydrogen-bond donors (Lipinski definition) is 0. The molecule has 0 radical (unpaired) electrons. The number of benzene rings is 2. The van der Waals surface area contributed by atoms with E-state index in [0.717, 1.165) is 24.3 Å². The molecule has 0 bridgehead atoms. The van der Waals surface area contributed by atoms with Crippen molar-refractivity contribution in [2.24, 2.45) is 0 Å². The molecule has 30 heavy (non-hydrogen) atoms. The molecule has 3 heterocycles. The summed E-state index contributed by atoms with van der Waals surface area (Å²) >= 11 is 0. The van der Waals surface area contributed by atoms with E-state index in [4.69, 9.17) is 4.52 Å². The average molecular weight is 402 g/mol. The highest BCUT2D eigenvalue weighted by molar-refractivity contribution is 5.96. The molecule has 0 aliphatic carbocycles. The molecule has 3 aromatic rings. The Morgan fingerprint density at radius 3 is 2.37 bits per heavy atom. The topological polar surface area (TPSA) is 62.5 Å². The van der Waals surface area contributed by atoms with Gasteiger partial charge in [0.15, 0.2) is 0 Å². The van der Waals surface area contributed by atoms with Crippen LogP contribution in [0.1, 0.15) is 43.1 Å². The van der Waals surface area contributed by atoms with Crippen LogP contribution in [0.15, 0.2) is 53.1 Å². The number of anilines is 2. The van der Waals surface area contributed by atoms with Crippen molar-refractivity contribution in [1.82, 2.24) is 10.1 Å². The Balaban J connectivity index is 1.29. The second-order valence-electron chi connectivity index (χ2n) is 8.29. The summed E-state index contributed by atoms with van der Waals surface area (Å²) in [7, 11) is 0. The highest BCUT2D eigenvalue weighted by Crippen LogP contribution is 2.32. The number of hydrogen-bond acceptors (Lipinski definition) is 5. The SMILES string of the molecule is Cc1ccc(N2CC(c3nc(-c4ccc(N5CCCCC5)cc4)no3)CC2=O)cc1. The fourth-order valence-corrected chi connectivity index (χ4v) is 4.34. The molecule has 0 saturated carbocycles. The Bertz CT molecular complexity index is 1020. The van der Waals surface area contributed by atoms with Crippen molar-refractivity contribution < 1.29 is 9.32 Å². The summed E-state index contributed by atoms with van der Waals surface area (Å²) < 4.78 is 5.55. The molecule has 2 fully saturated rings. The maximum atomic E-state index is 12.5. The smallest absolute Gasteiger partial charge is 0.232 e. The van der Waals surface area contributed by atoms with Crippen LogP contribution in [-0.2, 0) is 4.79 Å². The van der Waals surface area contributed by atoms with Gasteiger partial charge in [-0.25, -0.2) is 0 Å². The van der Waals surface area contributed by atoms with E-state index in [1.54, 1.807) is 4.90 Å². The minimum Gasteiger partial charge on any atom is -0.372 e. The Morgan fingerprint density at radius 2 is 1.63 bits per heavy atom. The summed E-state index contributed by atoms with van der Waals surface area (Å²) in [6.45, 7) is 4.85. The van der Waals surface area contributed by atoms with E-state index >= 15 is 0 Å². The lowest BCUT2D eigenvalue weighted by atomic mass is 10.1. The summed E-state index contributed by atoms with van der Waals surface area (Å²) in [5.41, 5.74) is 4.28. The third-order valence-corrected chi connectivity index (χ3v) is 6.11. The minimum atomic E-state index is -0.0762. The van der Waals surface area contributed by atoms with Crippen LogP contribution in [0.5, 0.6) is 0 Å². The third kappa shape index (κ3) is 3.70. The molecule has 1 unspecified atom stereocenters. The van der Waals surface area contributed by atoms with Gasteiger partial charge < -0.3 is 14.3 Å². The lowest BCUT2D eigenvalue weighted by Gasteiger charge is -2.28. The zero-order chi connectivity index (χ0) is 20.5. The number of carbonyl (C=O) groups is 1. The zero-order valence-electron chi connectivity index (χ0n) is 17.3. The van der Waals surface area contributed by atoms with Crippen LogP contribution >= 0.6 is 0 Å². The van der Waals surface area contributed by atoms with Gasteiger partial charge in [-0.15, -0.1) is 0 Å². The Kier molecular flexibility index (Phi) is 4.99. The van der Waals surface area contributed by atoms with Crippen LogP contribution in [0.2, 0.25) is 0 Å². The van der Waals surface area contributed by atoms with E-state index in [-0.39, 0.29) is 11.8 Å². The van der Waals surface area contributed by atoms with Crippen molar-refractivity contribution in [2.45, 2.75) is 38.5 Å². The second-order valence-corrected chi connectivity index (χ2v) is 8.29. The number of aromatic nitrogens is 2. The van der Waals surface area contributed by atoms with Gasteiger partial charge >= 0.3 is 0 Å². The highest BCUT2D eigenvalue weighted by atomic mass is 16.5. The van der Waals surface area contributed by atoms with Gasteiger partial charge in [0.2, 0.25) is 17.6 Å². The first-order valence-corrected chi connectivity index (χ1v) is 10.7. The molecule has 2 aliphatic heterocycles. The standard InChI is InChI=1S/C24H26N4O2/c1-17-5-9-21(10-6-17)28-16-19(15-22(28)29)24-25-23(26-30-24)18-7-11-20(12-8-18)27-13-3-2-4-14-27/h5-12,19H,2-4,13-16H2,1H3. The minimum absolute atomic E-state index is 0.0762. The van der Waals surface area contributed by atoms with Gasteiger partial charge in [-0.3, -0.25) is 4.79 Å². The molecule has 6 heteroatoms. The quantitative estimate of drug-likeness (QED) is 0.640. The number of nitrogens with zero attached hydrogens (tertiary/aromatic N) is 4. The van der Waals surface area contributed by atoms with Crippen LogP contribution in [0.3, 0.4) is 0 Å². The molecule has 0 N–H and O–H groups in total. The molecule has 1 aromatic heterocycles. The van der Waals surface area contributed by atoms with Crippen molar-refractivity contribution in [1.29, 1.82) is 0 Å². The van der Waals surface area contributed by atoms with Crippen molar-refractivity contribution in [3.63, 3.8) is 0 Å². The third-order valence-electron chi connectivity index (χ3n) is 6.11. The van der Waals surface area contributed by atoms with Crippen LogP contribution in [0.25, 0.3) is 11.4 Å². The Morgan fingerprint density at radius 1 is 0.933 bits per heavy atom. The number of carbonyl (C=O) groups excluding carboxylic acids is 1. The Labute approximate surface area is 176 Å². The predicted molar refractivity (Wildman–Crippen MR) is 117 cm³/mol. The van der Waals surface area contributed by atoms with Gasteiger partial charge in [0.25, 0.3) is 0 Å². The molecular formula is C24H26N4O2. The molecule has 1 amide bonds. The number of amides is 1. The molecule has 2 aromatic carbocycles. The van der Waals surface area contributed by atoms with E-state index in [1.165, 1.54) is 30.5 Å². The van der Waals surface area contributed by atoms with Crippen LogP contribution in [-0.4, -0.2) is 35.7 Å². The van der Waals surface area contributed by atoms with Crippen molar-refractivity contribution in [2.75, 3.05) is 29.4 Å². The van der Waals surface area contributed by atoms with Crippen LogP contribution < -0.4 is 9.80 Å². The summed E-state index contributed by atoms with van der Waals surface area (Å²) in [5.74, 6) is 1.13. The van der Waals surface area contributed by atoms with Crippen molar-refractivity contribution in [3.05, 3.63) is 60.0 Å². The molecule has 0 spiro atoms. The predicted octanol–water partition coefficient (Wildman–Crippen LogP) is 4.56. The zero-order valence-corrected chi connectivity index (χ0v) is 17.3. The van der Waals surface area contributed by atoms with E-state index in [0.29, 0.717) is 24.7 Å². The van der Waals surface area contributed by atoms with Crippen molar-refractivity contribution in [3.8, 4) is 11.4 Å². The first-order chi connectivity index (χ1) is 14.7. The largest absolute Gasteiger partial charge is 0.372 e. The number of piperidine rings is 1. The van der Waals surface area contributed by atoms with E-state index in [9.17, 15) is 4.79 Å². The fourth-order valence-electron chi connectivity index (χ4n) is 4.34. The van der Waals surface area contributed by atoms with Crippen LogP contribution in [0.4, 0.5) is 11.4 Å². The van der Waals surface area contributed by atoms with E-state index < -0.39 is 0 Å². The van der Waals surface area contributed by atoms with Crippen molar-refractivity contribution >= 4 is 17.3 Å². The summed E-state index contributed by atoms with van der Waals surface area (Å²) in [5, 5.41) is 4.18. The molecule has 154 valence electrons. The normalized spacial score (nSPS) is 19.5. The molecular weight excluding hydrogens is 376 g/mol. The van der Waals surface area contributed by atoms with Crippen LogP contribution in [0, 0.1) is 6.92 Å². The molecule has 2 saturated heterocycles. The number of rotatable bonds is 4. The van der Waals surface area contributed by atoms with E-state index in [2.05, 4.69) is 39.3 Å². The molecule has 5 rings (SSSR count). The average Bonchev–Trinajstić information content (AvgIpc) is 3.42. The first kappa shape index (κ1) is 18.9. The number of aryl methyl sites for hydroxylation is 1. The molecule has 1 atom stereocenters. The van der Waals surface area contributed by atoms with E-state index in [1.807, 2.05) is 31.2 Å². The molecule has 6 nitrogen and oxygen atoms in total. The Hall–Kier alpha value is -3.15. The summed E-state index contributed by atoms with van der Waals surface area (Å²) in [6, 6.07) is 16.4. The highest BCUT2D eigenvalue weighted by Gasteiger charge is 2.35. The van der Waals surface area contributed by atoms with Gasteiger partial charge in [0.05, 0.1) is 5.92 Å². The second kappa shape index (κ2) is 7.94. The fraction of sp³-hybridized carbons (Fsp3) is 0.375. The summed E-state index contributed by atoms with van der Waals surface area (Å²) in [6.07, 6.45) is 4.24. The van der Waals surface area contributed by atoms with Gasteiger partial charge in [-0.05, 0) is 62.6 Å². The summed E-state index contributed by atoms with van der Waals surface area (Å²) in [4.78, 5) is 21.4. The first-order valence-electron chi connectivity index (χ1n) is 10.7. The van der Waals surface area contributed by atoms with Gasteiger partial charge in [0, 0.05) is 43.0 Å². The van der Waals surface area contributed by atoms with Gasteiger partial charge in [0.1, 0.15) is 0 Å². The molecule has 2 aliphatic rings.